The minimum atomic E-state index is -5.08. The lowest BCUT2D eigenvalue weighted by Crippen LogP contribution is -2.21. The van der Waals surface area contributed by atoms with E-state index in [1.165, 1.54) is 3.97 Å². The van der Waals surface area contributed by atoms with Gasteiger partial charge in [0.15, 0.2) is 17.1 Å². The molecule has 0 amide bonds. The van der Waals surface area contributed by atoms with E-state index in [4.69, 9.17) is 19.4 Å². The molecule has 0 saturated carbocycles. The van der Waals surface area contributed by atoms with E-state index in [0.717, 1.165) is 38.8 Å². The number of carboxylic acid groups (broad SMARTS) is 1. The number of benzene rings is 2. The first-order valence-corrected chi connectivity index (χ1v) is 15.7. The highest BCUT2D eigenvalue weighted by molar-refractivity contribution is 7.90. The zero-order chi connectivity index (χ0) is 35.0. The molecule has 48 heavy (non-hydrogen) atoms. The van der Waals surface area contributed by atoms with Crippen LogP contribution in [0.15, 0.2) is 78.1 Å². The van der Waals surface area contributed by atoms with Gasteiger partial charge in [-0.3, -0.25) is 4.68 Å². The van der Waals surface area contributed by atoms with E-state index in [1.54, 1.807) is 55.6 Å². The predicted molar refractivity (Wildman–Crippen MR) is 173 cm³/mol. The molecule has 0 atom stereocenters. The van der Waals surface area contributed by atoms with Crippen molar-refractivity contribution in [3.05, 3.63) is 84.3 Å². The molecular weight excluding hydrogens is 653 g/mol. The van der Waals surface area contributed by atoms with E-state index in [1.807, 2.05) is 62.1 Å². The number of carboxylic acids is 1. The fourth-order valence-electron chi connectivity index (χ4n) is 5.18. The molecule has 0 aliphatic heterocycles. The third kappa shape index (κ3) is 6.38. The molecule has 4 heterocycles. The number of aromatic nitrogens is 5. The Morgan fingerprint density at radius 3 is 2.19 bits per heavy atom. The van der Waals surface area contributed by atoms with Gasteiger partial charge in [0.1, 0.15) is 5.82 Å². The number of fused-ring (bicyclic) bond motifs is 2. The van der Waals surface area contributed by atoms with Crippen molar-refractivity contribution in [1.29, 1.82) is 0 Å². The number of methoxy groups -OCH3 is 2. The Morgan fingerprint density at radius 2 is 1.60 bits per heavy atom. The monoisotopic (exact) mass is 684 g/mol. The van der Waals surface area contributed by atoms with E-state index in [2.05, 4.69) is 15.4 Å². The number of aliphatic carboxylic acids is 1. The first-order valence-electron chi connectivity index (χ1n) is 14.2. The van der Waals surface area contributed by atoms with Crippen molar-refractivity contribution >= 4 is 43.7 Å². The Hall–Kier alpha value is -5.51. The van der Waals surface area contributed by atoms with Gasteiger partial charge >= 0.3 is 12.1 Å². The Labute approximate surface area is 273 Å². The van der Waals surface area contributed by atoms with Gasteiger partial charge in [-0.2, -0.15) is 18.3 Å². The number of aryl methyl sites for hydroxylation is 3. The van der Waals surface area contributed by atoms with Crippen LogP contribution in [0.1, 0.15) is 11.1 Å². The van der Waals surface area contributed by atoms with Gasteiger partial charge in [0.05, 0.1) is 36.5 Å². The fraction of sp³-hybridized carbons (Fsp3) is 0.219. The lowest BCUT2D eigenvalue weighted by molar-refractivity contribution is -0.192. The number of carbonyl (C=O) groups is 1. The van der Waals surface area contributed by atoms with Crippen LogP contribution in [-0.4, -0.2) is 63.2 Å². The number of ether oxygens (including phenoxy) is 2. The number of pyridine rings is 1. The molecule has 4 aromatic heterocycles. The van der Waals surface area contributed by atoms with Crippen molar-refractivity contribution in [3.63, 3.8) is 0 Å². The first kappa shape index (κ1) is 33.8. The largest absolute Gasteiger partial charge is 0.493 e. The van der Waals surface area contributed by atoms with Crippen LogP contribution in [0.4, 0.5) is 19.0 Å². The van der Waals surface area contributed by atoms with Crippen molar-refractivity contribution in [2.45, 2.75) is 24.5 Å². The zero-order valence-corrected chi connectivity index (χ0v) is 27.2. The molecule has 0 bridgehead atoms. The number of anilines is 1. The minimum absolute atomic E-state index is 0.182. The number of hydrogen-bond acceptors (Lipinski definition) is 8. The number of alkyl halides is 3. The maximum absolute atomic E-state index is 14.3. The van der Waals surface area contributed by atoms with E-state index in [0.29, 0.717) is 29.4 Å². The third-order valence-corrected chi connectivity index (χ3v) is 9.32. The summed E-state index contributed by atoms with van der Waals surface area (Å²) in [6, 6.07) is 16.3. The minimum Gasteiger partial charge on any atom is -0.493 e. The number of nitrogens with one attached hydrogen (secondary N) is 1. The summed E-state index contributed by atoms with van der Waals surface area (Å²) in [6.45, 7) is 2.38. The van der Waals surface area contributed by atoms with Crippen molar-refractivity contribution in [3.8, 4) is 22.8 Å². The summed E-state index contributed by atoms with van der Waals surface area (Å²) in [6.07, 6.45) is 0.202. The summed E-state index contributed by atoms with van der Waals surface area (Å²) in [4.78, 5) is 13.7. The molecule has 252 valence electrons. The summed E-state index contributed by atoms with van der Waals surface area (Å²) in [5, 5.41) is 16.3. The van der Waals surface area contributed by atoms with E-state index in [9.17, 15) is 21.6 Å². The van der Waals surface area contributed by atoms with Gasteiger partial charge in [0.2, 0.25) is 0 Å². The topological polar surface area (TPSA) is 142 Å². The van der Waals surface area contributed by atoms with Crippen LogP contribution < -0.4 is 14.8 Å². The molecule has 0 unspecified atom stereocenters. The lowest BCUT2D eigenvalue weighted by atomic mass is 10.1. The van der Waals surface area contributed by atoms with Gasteiger partial charge in [-0.25, -0.2) is 22.2 Å². The highest BCUT2D eigenvalue weighted by Gasteiger charge is 2.38. The molecule has 6 rings (SSSR count). The van der Waals surface area contributed by atoms with Crippen molar-refractivity contribution in [2.75, 3.05) is 19.5 Å². The van der Waals surface area contributed by atoms with Crippen LogP contribution in [0, 0.1) is 6.92 Å². The van der Waals surface area contributed by atoms with Gasteiger partial charge in [-0.1, -0.05) is 17.7 Å². The van der Waals surface area contributed by atoms with Crippen LogP contribution in [-0.2, 0) is 35.5 Å². The zero-order valence-electron chi connectivity index (χ0n) is 26.4. The second-order valence-corrected chi connectivity index (χ2v) is 12.5. The van der Waals surface area contributed by atoms with Crippen molar-refractivity contribution < 1.29 is 41.0 Å². The number of rotatable bonds is 8. The van der Waals surface area contributed by atoms with Crippen molar-refractivity contribution in [1.82, 2.24) is 23.3 Å². The molecule has 12 nitrogen and oxygen atoms in total. The van der Waals surface area contributed by atoms with Crippen molar-refractivity contribution in [2.24, 2.45) is 14.1 Å². The fourth-order valence-corrected chi connectivity index (χ4v) is 6.65. The maximum Gasteiger partial charge on any atom is 0.490 e. The summed E-state index contributed by atoms with van der Waals surface area (Å²) >= 11 is 0. The predicted octanol–water partition coefficient (Wildman–Crippen LogP) is 5.74. The summed E-state index contributed by atoms with van der Waals surface area (Å²) in [7, 11) is 2.91. The third-order valence-electron chi connectivity index (χ3n) is 7.60. The standard InChI is InChI=1S/C30H30N6O4S.C2HF3O2/c1-19-6-8-21(9-7-19)41(37,38)36-26(24-18-34(2)25-16-28(40-5)27(39-4)15-23(24)25)14-22-20(10-12-31-30(22)36)17-32-29-11-13-33-35(29)3;3-2(4,5)1(6)7/h6-16,18,32H,17H2,1-5H3;(H,6,7). The molecule has 0 radical (unpaired) electrons. The smallest absolute Gasteiger partial charge is 0.490 e. The number of halogens is 3. The second kappa shape index (κ2) is 12.9. The summed E-state index contributed by atoms with van der Waals surface area (Å²) in [5.41, 5.74) is 4.31. The number of nitrogens with zero attached hydrogens (tertiary/aromatic N) is 5. The van der Waals surface area contributed by atoms with Gasteiger partial charge in [0.25, 0.3) is 10.0 Å². The highest BCUT2D eigenvalue weighted by Crippen LogP contribution is 2.41. The summed E-state index contributed by atoms with van der Waals surface area (Å²) < 4.78 is 76.6. The highest BCUT2D eigenvalue weighted by atomic mass is 32.2. The Balaban J connectivity index is 0.000000582. The Morgan fingerprint density at radius 1 is 0.958 bits per heavy atom. The Kier molecular flexibility index (Phi) is 9.13. The molecule has 16 heteroatoms. The quantitative estimate of drug-likeness (QED) is 0.205. The van der Waals surface area contributed by atoms with Gasteiger partial charge in [-0.05, 0) is 42.8 Å². The normalized spacial score (nSPS) is 11.8. The van der Waals surface area contributed by atoms with E-state index in [-0.39, 0.29) is 4.90 Å². The van der Waals surface area contributed by atoms with Gasteiger partial charge < -0.3 is 24.5 Å². The van der Waals surface area contributed by atoms with E-state index >= 15 is 0 Å². The summed E-state index contributed by atoms with van der Waals surface area (Å²) in [5.74, 6) is -0.772. The second-order valence-electron chi connectivity index (χ2n) is 10.7. The SMILES string of the molecule is COc1cc2c(-c3cc4c(CNc5ccnn5C)ccnc4n3S(=O)(=O)c3ccc(C)cc3)cn(C)c2cc1OC.O=C(O)C(F)(F)F. The molecule has 2 aromatic carbocycles. The molecule has 0 aliphatic rings. The van der Waals surface area contributed by atoms with E-state index < -0.39 is 22.2 Å². The van der Waals surface area contributed by atoms with Gasteiger partial charge in [0, 0.05) is 61.5 Å². The maximum atomic E-state index is 14.3. The molecule has 0 saturated heterocycles. The average Bonchev–Trinajstić information content (AvgIpc) is 3.74. The molecule has 0 spiro atoms. The first-order chi connectivity index (χ1) is 22.7. The Bertz CT molecular complexity index is 2240. The lowest BCUT2D eigenvalue weighted by Gasteiger charge is -2.12. The number of hydrogen-bond donors (Lipinski definition) is 2. The molecule has 2 N–H and O–H groups in total. The van der Waals surface area contributed by atoms with Crippen LogP contribution in [0.5, 0.6) is 11.5 Å². The molecule has 0 fully saturated rings. The van der Waals surface area contributed by atoms with Crippen LogP contribution in [0.25, 0.3) is 33.2 Å². The van der Waals surface area contributed by atoms with Crippen LogP contribution >= 0.6 is 0 Å². The van der Waals surface area contributed by atoms with Gasteiger partial charge in [-0.15, -0.1) is 0 Å². The van der Waals surface area contributed by atoms with Crippen LogP contribution in [0.3, 0.4) is 0 Å². The van der Waals surface area contributed by atoms with Crippen LogP contribution in [0.2, 0.25) is 0 Å². The molecule has 6 aromatic rings. The average molecular weight is 685 g/mol. The molecular formula is C32H31F3N6O6S. The molecule has 0 aliphatic carbocycles.